The van der Waals surface area contributed by atoms with Crippen LogP contribution in [0.5, 0.6) is 0 Å². The van der Waals surface area contributed by atoms with Gasteiger partial charge in [-0.25, -0.2) is 4.79 Å². The molecule has 0 saturated carbocycles. The van der Waals surface area contributed by atoms with Crippen LogP contribution in [-0.2, 0) is 0 Å². The number of rotatable bonds is 8. The molecular formula is C20H27N7O. The summed E-state index contributed by atoms with van der Waals surface area (Å²) in [5.41, 5.74) is 8.54. The van der Waals surface area contributed by atoms with Gasteiger partial charge in [0.05, 0.1) is 5.69 Å². The Kier molecular flexibility index (Phi) is 6.10. The summed E-state index contributed by atoms with van der Waals surface area (Å²) >= 11 is 0. The number of H-pyrrole nitrogens is 1. The van der Waals surface area contributed by atoms with E-state index in [0.29, 0.717) is 12.2 Å². The van der Waals surface area contributed by atoms with E-state index in [2.05, 4.69) is 27.5 Å². The highest BCUT2D eigenvalue weighted by Crippen LogP contribution is 2.19. The first-order chi connectivity index (χ1) is 13.5. The van der Waals surface area contributed by atoms with E-state index in [1.54, 1.807) is 4.57 Å². The summed E-state index contributed by atoms with van der Waals surface area (Å²) in [4.78, 5) is 19.6. The van der Waals surface area contributed by atoms with Crippen molar-refractivity contribution in [2.45, 2.75) is 32.7 Å². The third-order valence-corrected chi connectivity index (χ3v) is 4.68. The largest absolute Gasteiger partial charge is 0.370 e. The second kappa shape index (κ2) is 8.71. The van der Waals surface area contributed by atoms with E-state index >= 15 is 0 Å². The minimum Gasteiger partial charge on any atom is -0.370 e. The SMILES string of the molecule is CCC(NCCCNC(=N)N)c1ccc(-n2cc3cc(C)[nH]c3nc2=O)cc1. The van der Waals surface area contributed by atoms with Crippen LogP contribution in [0.4, 0.5) is 0 Å². The average Bonchev–Trinajstić information content (AvgIpc) is 3.03. The number of guanidine groups is 1. The van der Waals surface area contributed by atoms with Crippen molar-refractivity contribution in [3.8, 4) is 5.69 Å². The number of aromatic nitrogens is 3. The fourth-order valence-corrected chi connectivity index (χ4v) is 3.27. The van der Waals surface area contributed by atoms with Gasteiger partial charge in [-0.2, -0.15) is 4.98 Å². The smallest absolute Gasteiger partial charge is 0.354 e. The number of nitrogens with two attached hydrogens (primary N) is 1. The van der Waals surface area contributed by atoms with Gasteiger partial charge in [-0.3, -0.25) is 9.98 Å². The molecule has 6 N–H and O–H groups in total. The van der Waals surface area contributed by atoms with Crippen LogP contribution in [0.1, 0.15) is 37.1 Å². The quantitative estimate of drug-likeness (QED) is 0.232. The number of hydrogen-bond acceptors (Lipinski definition) is 4. The minimum atomic E-state index is -0.301. The fraction of sp³-hybridized carbons (Fsp3) is 0.350. The maximum Gasteiger partial charge on any atom is 0.354 e. The Labute approximate surface area is 163 Å². The molecule has 0 spiro atoms. The van der Waals surface area contributed by atoms with Gasteiger partial charge in [0.2, 0.25) is 0 Å². The third kappa shape index (κ3) is 4.58. The molecule has 8 nitrogen and oxygen atoms in total. The van der Waals surface area contributed by atoms with E-state index in [9.17, 15) is 4.79 Å². The standard InChI is InChI=1S/C20H27N7O/c1-3-17(23-9-4-10-24-19(21)22)14-5-7-16(8-6-14)27-12-15-11-13(2)25-18(15)26-20(27)28/h5-8,11-12,17,23H,3-4,9-10H2,1-2H3,(H4,21,22,24)(H,25,26,28). The van der Waals surface area contributed by atoms with Gasteiger partial charge in [-0.15, -0.1) is 0 Å². The zero-order valence-electron chi connectivity index (χ0n) is 16.2. The van der Waals surface area contributed by atoms with Gasteiger partial charge in [0.1, 0.15) is 5.65 Å². The Hall–Kier alpha value is -3.13. The third-order valence-electron chi connectivity index (χ3n) is 4.68. The van der Waals surface area contributed by atoms with Crippen LogP contribution in [0.15, 0.2) is 41.3 Å². The number of aryl methyl sites for hydroxylation is 1. The number of fused-ring (bicyclic) bond motifs is 1. The van der Waals surface area contributed by atoms with Gasteiger partial charge in [0.15, 0.2) is 5.96 Å². The summed E-state index contributed by atoms with van der Waals surface area (Å²) in [6, 6.07) is 10.2. The van der Waals surface area contributed by atoms with Crippen LogP contribution in [0.3, 0.4) is 0 Å². The molecule has 0 bridgehead atoms. The molecule has 8 heteroatoms. The van der Waals surface area contributed by atoms with Crippen LogP contribution in [0, 0.1) is 12.3 Å². The number of aromatic amines is 1. The Balaban J connectivity index is 1.70. The van der Waals surface area contributed by atoms with Crippen LogP contribution in [-0.4, -0.2) is 33.6 Å². The molecule has 3 rings (SSSR count). The molecule has 0 fully saturated rings. The Morgan fingerprint density at radius 3 is 2.75 bits per heavy atom. The molecule has 1 aromatic carbocycles. The van der Waals surface area contributed by atoms with Crippen molar-refractivity contribution in [1.82, 2.24) is 25.2 Å². The normalized spacial score (nSPS) is 12.2. The maximum atomic E-state index is 12.4. The van der Waals surface area contributed by atoms with Gasteiger partial charge < -0.3 is 21.4 Å². The van der Waals surface area contributed by atoms with Crippen LogP contribution < -0.4 is 22.1 Å². The predicted octanol–water partition coefficient (Wildman–Crippen LogP) is 1.94. The summed E-state index contributed by atoms with van der Waals surface area (Å²) < 4.78 is 1.57. The van der Waals surface area contributed by atoms with Crippen LogP contribution in [0.25, 0.3) is 16.7 Å². The first-order valence-corrected chi connectivity index (χ1v) is 9.48. The predicted molar refractivity (Wildman–Crippen MR) is 112 cm³/mol. The zero-order chi connectivity index (χ0) is 20.1. The van der Waals surface area contributed by atoms with Crippen LogP contribution >= 0.6 is 0 Å². The van der Waals surface area contributed by atoms with Gasteiger partial charge >= 0.3 is 5.69 Å². The van der Waals surface area contributed by atoms with Crippen molar-refractivity contribution in [2.24, 2.45) is 5.73 Å². The van der Waals surface area contributed by atoms with E-state index in [1.807, 2.05) is 43.5 Å². The molecular weight excluding hydrogens is 354 g/mol. The highest BCUT2D eigenvalue weighted by molar-refractivity contribution is 5.75. The monoisotopic (exact) mass is 381 g/mol. The Morgan fingerprint density at radius 1 is 1.32 bits per heavy atom. The number of nitrogens with one attached hydrogen (secondary N) is 4. The second-order valence-electron chi connectivity index (χ2n) is 6.85. The summed E-state index contributed by atoms with van der Waals surface area (Å²) in [7, 11) is 0. The zero-order valence-corrected chi connectivity index (χ0v) is 16.2. The molecule has 28 heavy (non-hydrogen) atoms. The van der Waals surface area contributed by atoms with E-state index in [-0.39, 0.29) is 17.7 Å². The topological polar surface area (TPSA) is 125 Å². The second-order valence-corrected chi connectivity index (χ2v) is 6.85. The first kappa shape index (κ1) is 19.6. The van der Waals surface area contributed by atoms with Gasteiger partial charge in [0.25, 0.3) is 0 Å². The lowest BCUT2D eigenvalue weighted by molar-refractivity contribution is 0.509. The maximum absolute atomic E-state index is 12.4. The van der Waals surface area contributed by atoms with Gasteiger partial charge in [-0.1, -0.05) is 19.1 Å². The highest BCUT2D eigenvalue weighted by Gasteiger charge is 2.10. The number of hydrogen-bond donors (Lipinski definition) is 5. The molecule has 0 aliphatic carbocycles. The molecule has 0 aliphatic heterocycles. The molecule has 0 saturated heterocycles. The lowest BCUT2D eigenvalue weighted by atomic mass is 10.0. The minimum absolute atomic E-state index is 0.000324. The lowest BCUT2D eigenvalue weighted by Crippen LogP contribution is -2.33. The molecule has 148 valence electrons. The number of benzene rings is 1. The number of nitrogens with zero attached hydrogens (tertiary/aromatic N) is 2. The molecule has 1 unspecified atom stereocenters. The van der Waals surface area contributed by atoms with E-state index in [0.717, 1.165) is 36.2 Å². The Bertz CT molecular complexity index is 1000. The van der Waals surface area contributed by atoms with Crippen molar-refractivity contribution < 1.29 is 0 Å². The van der Waals surface area contributed by atoms with E-state index in [4.69, 9.17) is 11.1 Å². The van der Waals surface area contributed by atoms with Crippen molar-refractivity contribution in [3.63, 3.8) is 0 Å². The van der Waals surface area contributed by atoms with Gasteiger partial charge in [0, 0.05) is 29.9 Å². The molecule has 0 aliphatic rings. The highest BCUT2D eigenvalue weighted by atomic mass is 16.1. The van der Waals surface area contributed by atoms with Crippen molar-refractivity contribution in [1.29, 1.82) is 5.41 Å². The molecule has 2 aromatic heterocycles. The fourth-order valence-electron chi connectivity index (χ4n) is 3.27. The molecule has 0 amide bonds. The Morgan fingerprint density at radius 2 is 2.07 bits per heavy atom. The van der Waals surface area contributed by atoms with E-state index in [1.165, 1.54) is 5.56 Å². The summed E-state index contributed by atoms with van der Waals surface area (Å²) in [5, 5.41) is 14.4. The summed E-state index contributed by atoms with van der Waals surface area (Å²) in [6.45, 7) is 5.58. The van der Waals surface area contributed by atoms with Crippen molar-refractivity contribution >= 4 is 17.0 Å². The summed E-state index contributed by atoms with van der Waals surface area (Å²) in [6.07, 6.45) is 3.65. The van der Waals surface area contributed by atoms with Crippen LogP contribution in [0.2, 0.25) is 0 Å². The lowest BCUT2D eigenvalue weighted by Gasteiger charge is -2.18. The van der Waals surface area contributed by atoms with Gasteiger partial charge in [-0.05, 0) is 50.1 Å². The average molecular weight is 381 g/mol. The molecule has 1 atom stereocenters. The van der Waals surface area contributed by atoms with Crippen molar-refractivity contribution in [2.75, 3.05) is 13.1 Å². The van der Waals surface area contributed by atoms with Crippen molar-refractivity contribution in [3.05, 3.63) is 58.3 Å². The first-order valence-electron chi connectivity index (χ1n) is 9.48. The van der Waals surface area contributed by atoms with E-state index < -0.39 is 0 Å². The molecule has 3 aromatic rings. The molecule has 2 heterocycles. The summed E-state index contributed by atoms with van der Waals surface area (Å²) in [5.74, 6) is 0.000324. The molecule has 0 radical (unpaired) electrons.